The van der Waals surface area contributed by atoms with Gasteiger partial charge in [0.05, 0.1) is 14.2 Å². The zero-order chi connectivity index (χ0) is 23.2. The second kappa shape index (κ2) is 8.67. The van der Waals surface area contributed by atoms with Gasteiger partial charge in [0.2, 0.25) is 0 Å². The first-order chi connectivity index (χ1) is 16.6. The SMILES string of the molecule is COc1ccc2[nH]c3c(c2c1)CC1c2cc(OCc4ccc(Br)cc4)c(OC)cc2CCN1C3. The van der Waals surface area contributed by atoms with Crippen LogP contribution in [0.15, 0.2) is 59.1 Å². The Kier molecular flexibility index (Phi) is 5.50. The van der Waals surface area contributed by atoms with Crippen molar-refractivity contribution in [3.8, 4) is 17.2 Å². The van der Waals surface area contributed by atoms with E-state index in [2.05, 4.69) is 62.2 Å². The zero-order valence-corrected chi connectivity index (χ0v) is 20.9. The lowest BCUT2D eigenvalue weighted by molar-refractivity contribution is 0.158. The summed E-state index contributed by atoms with van der Waals surface area (Å²) in [6.45, 7) is 2.47. The third-order valence-electron chi connectivity index (χ3n) is 7.16. The molecule has 1 unspecified atom stereocenters. The van der Waals surface area contributed by atoms with Crippen molar-refractivity contribution in [1.82, 2.24) is 9.88 Å². The largest absolute Gasteiger partial charge is 0.497 e. The number of nitrogens with one attached hydrogen (secondary N) is 1. The number of benzene rings is 3. The number of H-pyrrole nitrogens is 1. The number of ether oxygens (including phenoxy) is 3. The highest BCUT2D eigenvalue weighted by molar-refractivity contribution is 9.10. The molecule has 3 heterocycles. The molecule has 2 aliphatic rings. The van der Waals surface area contributed by atoms with Gasteiger partial charge in [-0.2, -0.15) is 0 Å². The van der Waals surface area contributed by atoms with Gasteiger partial charge in [0.15, 0.2) is 11.5 Å². The molecule has 1 atom stereocenters. The molecule has 34 heavy (non-hydrogen) atoms. The maximum Gasteiger partial charge on any atom is 0.162 e. The van der Waals surface area contributed by atoms with Crippen molar-refractivity contribution < 1.29 is 14.2 Å². The number of hydrogen-bond acceptors (Lipinski definition) is 4. The first-order valence-electron chi connectivity index (χ1n) is 11.6. The molecule has 0 spiro atoms. The lowest BCUT2D eigenvalue weighted by Crippen LogP contribution is -2.39. The van der Waals surface area contributed by atoms with E-state index < -0.39 is 0 Å². The Morgan fingerprint density at radius 1 is 1.00 bits per heavy atom. The van der Waals surface area contributed by atoms with Crippen LogP contribution in [0.2, 0.25) is 0 Å². The number of hydrogen-bond donors (Lipinski definition) is 1. The first kappa shape index (κ1) is 21.6. The minimum Gasteiger partial charge on any atom is -0.497 e. The van der Waals surface area contributed by atoms with Crippen LogP contribution in [-0.4, -0.2) is 30.6 Å². The quantitative estimate of drug-likeness (QED) is 0.342. The Morgan fingerprint density at radius 3 is 2.65 bits per heavy atom. The standard InChI is InChI=1S/C28H27BrN2O3/c1-32-20-7-8-24-22(12-20)23-13-26-21-14-28(34-16-17-3-5-19(29)6-4-17)27(33-2)11-18(21)9-10-31(26)15-25(23)30-24/h3-8,11-12,14,26,30H,9-10,13,15-16H2,1-2H3. The molecule has 0 saturated carbocycles. The molecule has 0 radical (unpaired) electrons. The molecule has 2 aliphatic heterocycles. The molecule has 174 valence electrons. The maximum atomic E-state index is 6.27. The van der Waals surface area contributed by atoms with Crippen LogP contribution in [-0.2, 0) is 26.0 Å². The highest BCUT2D eigenvalue weighted by atomic mass is 79.9. The van der Waals surface area contributed by atoms with Crippen LogP contribution in [0.5, 0.6) is 17.2 Å². The predicted octanol–water partition coefficient (Wildman–Crippen LogP) is 6.18. The Morgan fingerprint density at radius 2 is 1.85 bits per heavy atom. The topological polar surface area (TPSA) is 46.7 Å². The number of halogens is 1. The van der Waals surface area contributed by atoms with Crippen molar-refractivity contribution in [3.05, 3.63) is 87.0 Å². The van der Waals surface area contributed by atoms with Crippen molar-refractivity contribution in [3.63, 3.8) is 0 Å². The number of methoxy groups -OCH3 is 2. The monoisotopic (exact) mass is 518 g/mol. The summed E-state index contributed by atoms with van der Waals surface area (Å²) < 4.78 is 18.6. The van der Waals surface area contributed by atoms with Crippen LogP contribution < -0.4 is 14.2 Å². The number of nitrogens with zero attached hydrogens (tertiary/aromatic N) is 1. The summed E-state index contributed by atoms with van der Waals surface area (Å²) in [7, 11) is 3.44. The molecular weight excluding hydrogens is 492 g/mol. The van der Waals surface area contributed by atoms with Gasteiger partial charge in [0.1, 0.15) is 12.4 Å². The smallest absolute Gasteiger partial charge is 0.162 e. The van der Waals surface area contributed by atoms with Crippen LogP contribution in [0, 0.1) is 0 Å². The molecule has 0 bridgehead atoms. The highest BCUT2D eigenvalue weighted by Crippen LogP contribution is 2.44. The maximum absolute atomic E-state index is 6.27. The second-order valence-electron chi connectivity index (χ2n) is 9.05. The van der Waals surface area contributed by atoms with E-state index in [4.69, 9.17) is 14.2 Å². The molecule has 6 rings (SSSR count). The molecule has 4 aromatic rings. The fraction of sp³-hybridized carbons (Fsp3) is 0.286. The summed E-state index contributed by atoms with van der Waals surface area (Å²) in [6.07, 6.45) is 1.98. The van der Waals surface area contributed by atoms with Gasteiger partial charge < -0.3 is 19.2 Å². The average molecular weight is 519 g/mol. The first-order valence-corrected chi connectivity index (χ1v) is 12.4. The van der Waals surface area contributed by atoms with E-state index in [-0.39, 0.29) is 0 Å². The van der Waals surface area contributed by atoms with Gasteiger partial charge in [0, 0.05) is 40.2 Å². The molecule has 6 heteroatoms. The molecule has 5 nitrogen and oxygen atoms in total. The summed E-state index contributed by atoms with van der Waals surface area (Å²) >= 11 is 3.49. The average Bonchev–Trinajstić information content (AvgIpc) is 3.23. The molecule has 1 aromatic heterocycles. The van der Waals surface area contributed by atoms with Gasteiger partial charge in [-0.25, -0.2) is 0 Å². The molecule has 0 amide bonds. The van der Waals surface area contributed by atoms with E-state index in [1.54, 1.807) is 14.2 Å². The third-order valence-corrected chi connectivity index (χ3v) is 7.69. The number of aromatic amines is 1. The molecular formula is C28H27BrN2O3. The van der Waals surface area contributed by atoms with E-state index >= 15 is 0 Å². The van der Waals surface area contributed by atoms with Gasteiger partial charge in [-0.3, -0.25) is 4.90 Å². The molecule has 3 aromatic carbocycles. The summed E-state index contributed by atoms with van der Waals surface area (Å²) in [5.41, 5.74) is 7.73. The minimum absolute atomic E-state index is 0.322. The normalized spacial score (nSPS) is 17.1. The molecule has 0 saturated heterocycles. The van der Waals surface area contributed by atoms with Crippen LogP contribution >= 0.6 is 15.9 Å². The van der Waals surface area contributed by atoms with E-state index in [0.29, 0.717) is 12.6 Å². The van der Waals surface area contributed by atoms with E-state index in [9.17, 15) is 0 Å². The van der Waals surface area contributed by atoms with Crippen LogP contribution in [0.4, 0.5) is 0 Å². The van der Waals surface area contributed by atoms with Gasteiger partial charge in [-0.05, 0) is 77.6 Å². The van der Waals surface area contributed by atoms with Crippen LogP contribution in [0.25, 0.3) is 10.9 Å². The summed E-state index contributed by atoms with van der Waals surface area (Å²) in [4.78, 5) is 6.24. The lowest BCUT2D eigenvalue weighted by Gasteiger charge is -2.40. The highest BCUT2D eigenvalue weighted by Gasteiger charge is 2.34. The van der Waals surface area contributed by atoms with Gasteiger partial charge in [0.25, 0.3) is 0 Å². The summed E-state index contributed by atoms with van der Waals surface area (Å²) in [5.74, 6) is 2.50. The van der Waals surface area contributed by atoms with Crippen molar-refractivity contribution >= 4 is 26.8 Å². The Hall–Kier alpha value is -2.96. The molecule has 0 aliphatic carbocycles. The summed E-state index contributed by atoms with van der Waals surface area (Å²) in [6, 6.07) is 19.2. The molecule has 0 fully saturated rings. The third kappa shape index (κ3) is 3.75. The van der Waals surface area contributed by atoms with E-state index in [0.717, 1.165) is 53.2 Å². The predicted molar refractivity (Wildman–Crippen MR) is 137 cm³/mol. The van der Waals surface area contributed by atoms with E-state index in [1.807, 2.05) is 18.2 Å². The number of rotatable bonds is 5. The zero-order valence-electron chi connectivity index (χ0n) is 19.4. The fourth-order valence-corrected chi connectivity index (χ4v) is 5.64. The fourth-order valence-electron chi connectivity index (χ4n) is 5.38. The summed E-state index contributed by atoms with van der Waals surface area (Å²) in [5, 5.41) is 1.27. The number of fused-ring (bicyclic) bond motifs is 6. The lowest BCUT2D eigenvalue weighted by atomic mass is 9.85. The van der Waals surface area contributed by atoms with Crippen LogP contribution in [0.1, 0.15) is 34.0 Å². The Balaban J connectivity index is 1.34. The number of aromatic nitrogens is 1. The van der Waals surface area contributed by atoms with Crippen molar-refractivity contribution in [2.75, 3.05) is 20.8 Å². The van der Waals surface area contributed by atoms with Gasteiger partial charge in [-0.1, -0.05) is 28.1 Å². The Bertz CT molecular complexity index is 1360. The van der Waals surface area contributed by atoms with Gasteiger partial charge in [-0.15, -0.1) is 0 Å². The second-order valence-corrected chi connectivity index (χ2v) is 9.97. The molecule has 1 N–H and O–H groups in total. The van der Waals surface area contributed by atoms with Crippen molar-refractivity contribution in [2.45, 2.75) is 32.0 Å². The van der Waals surface area contributed by atoms with Crippen molar-refractivity contribution in [1.29, 1.82) is 0 Å². The van der Waals surface area contributed by atoms with E-state index in [1.165, 1.54) is 33.3 Å². The minimum atomic E-state index is 0.322. The van der Waals surface area contributed by atoms with Gasteiger partial charge >= 0.3 is 0 Å². The van der Waals surface area contributed by atoms with Crippen molar-refractivity contribution in [2.24, 2.45) is 0 Å². The van der Waals surface area contributed by atoms with Crippen LogP contribution in [0.3, 0.4) is 0 Å². The Labute approximate surface area is 207 Å².